The first-order valence-corrected chi connectivity index (χ1v) is 10.8. The van der Waals surface area contributed by atoms with Crippen molar-refractivity contribution >= 4 is 5.69 Å². The summed E-state index contributed by atoms with van der Waals surface area (Å²) >= 11 is 0. The second-order valence-corrected chi connectivity index (χ2v) is 8.30. The SMILES string of the molecule is C=C/C=C(\C=C)C(c1ccccc1)N1CCC(N2Cc3ccc([N+](=O)[O-])cc3C2)CC1. The fraction of sp³-hybridized carbons (Fsp3) is 0.308. The summed E-state index contributed by atoms with van der Waals surface area (Å²) < 4.78 is 0. The third-order valence-corrected chi connectivity index (χ3v) is 6.51. The van der Waals surface area contributed by atoms with Crippen LogP contribution in [0.15, 0.2) is 85.5 Å². The molecule has 2 heterocycles. The van der Waals surface area contributed by atoms with Gasteiger partial charge < -0.3 is 0 Å². The number of nitrogens with zero attached hydrogens (tertiary/aromatic N) is 3. The zero-order valence-corrected chi connectivity index (χ0v) is 17.8. The number of non-ortho nitro benzene ring substituents is 1. The van der Waals surface area contributed by atoms with E-state index < -0.39 is 0 Å². The molecule has 1 atom stereocenters. The Bertz CT molecular complexity index is 991. The molecule has 160 valence electrons. The third-order valence-electron chi connectivity index (χ3n) is 6.51. The monoisotopic (exact) mass is 415 g/mol. The minimum absolute atomic E-state index is 0.177. The predicted molar refractivity (Wildman–Crippen MR) is 125 cm³/mol. The number of rotatable bonds is 7. The highest BCUT2D eigenvalue weighted by Gasteiger charge is 2.32. The van der Waals surface area contributed by atoms with Crippen LogP contribution in [0.1, 0.15) is 35.6 Å². The first-order valence-electron chi connectivity index (χ1n) is 10.8. The summed E-state index contributed by atoms with van der Waals surface area (Å²) in [6.45, 7) is 11.6. The molecule has 1 saturated heterocycles. The van der Waals surface area contributed by atoms with Gasteiger partial charge in [-0.2, -0.15) is 0 Å². The maximum Gasteiger partial charge on any atom is 0.269 e. The number of piperidine rings is 1. The molecule has 1 fully saturated rings. The van der Waals surface area contributed by atoms with Crippen molar-refractivity contribution < 1.29 is 4.92 Å². The molecule has 0 saturated carbocycles. The summed E-state index contributed by atoms with van der Waals surface area (Å²) in [4.78, 5) is 15.8. The van der Waals surface area contributed by atoms with E-state index in [0.717, 1.165) is 44.6 Å². The van der Waals surface area contributed by atoms with E-state index in [1.165, 1.54) is 16.7 Å². The lowest BCUT2D eigenvalue weighted by atomic mass is 9.93. The number of fused-ring (bicyclic) bond motifs is 1. The molecule has 5 nitrogen and oxygen atoms in total. The predicted octanol–water partition coefficient (Wildman–Crippen LogP) is 5.41. The van der Waals surface area contributed by atoms with E-state index in [1.54, 1.807) is 12.1 Å². The highest BCUT2D eigenvalue weighted by atomic mass is 16.6. The van der Waals surface area contributed by atoms with Crippen molar-refractivity contribution in [1.82, 2.24) is 9.80 Å². The Balaban J connectivity index is 1.46. The summed E-state index contributed by atoms with van der Waals surface area (Å²) in [5, 5.41) is 11.1. The van der Waals surface area contributed by atoms with Crippen molar-refractivity contribution in [1.29, 1.82) is 0 Å². The van der Waals surface area contributed by atoms with Crippen LogP contribution in [0.3, 0.4) is 0 Å². The Morgan fingerprint density at radius 3 is 2.42 bits per heavy atom. The van der Waals surface area contributed by atoms with E-state index in [4.69, 9.17) is 0 Å². The number of hydrogen-bond donors (Lipinski definition) is 0. The number of benzene rings is 2. The van der Waals surface area contributed by atoms with Crippen LogP contribution in [-0.4, -0.2) is 33.9 Å². The van der Waals surface area contributed by atoms with Crippen LogP contribution in [0.25, 0.3) is 0 Å². The molecule has 0 bridgehead atoms. The van der Waals surface area contributed by atoms with E-state index in [1.807, 2.05) is 24.3 Å². The van der Waals surface area contributed by atoms with E-state index >= 15 is 0 Å². The Labute approximate surface area is 184 Å². The average Bonchev–Trinajstić information content (AvgIpc) is 3.23. The highest BCUT2D eigenvalue weighted by Crippen LogP contribution is 2.35. The van der Waals surface area contributed by atoms with Crippen molar-refractivity contribution in [3.8, 4) is 0 Å². The second-order valence-electron chi connectivity index (χ2n) is 8.30. The zero-order valence-electron chi connectivity index (χ0n) is 17.8. The summed E-state index contributed by atoms with van der Waals surface area (Å²) in [5.74, 6) is 0. The van der Waals surface area contributed by atoms with Gasteiger partial charge in [0.1, 0.15) is 0 Å². The number of hydrogen-bond acceptors (Lipinski definition) is 4. The molecule has 4 rings (SSSR count). The maximum atomic E-state index is 11.1. The van der Waals surface area contributed by atoms with E-state index in [2.05, 4.69) is 53.3 Å². The Morgan fingerprint density at radius 2 is 1.77 bits per heavy atom. The van der Waals surface area contributed by atoms with Gasteiger partial charge in [-0.3, -0.25) is 19.9 Å². The van der Waals surface area contributed by atoms with E-state index in [9.17, 15) is 10.1 Å². The van der Waals surface area contributed by atoms with Crippen LogP contribution in [0.4, 0.5) is 5.69 Å². The second kappa shape index (κ2) is 9.41. The van der Waals surface area contributed by atoms with Gasteiger partial charge in [-0.15, -0.1) is 0 Å². The molecule has 5 heteroatoms. The van der Waals surface area contributed by atoms with Gasteiger partial charge in [0.2, 0.25) is 0 Å². The first-order chi connectivity index (χ1) is 15.1. The summed E-state index contributed by atoms with van der Waals surface area (Å²) in [7, 11) is 0. The van der Waals surface area contributed by atoms with Crippen LogP contribution in [0.5, 0.6) is 0 Å². The fourth-order valence-corrected chi connectivity index (χ4v) is 4.94. The molecule has 31 heavy (non-hydrogen) atoms. The minimum Gasteiger partial charge on any atom is -0.292 e. The Kier molecular flexibility index (Phi) is 6.44. The Hall–Kier alpha value is -3.02. The molecular weight excluding hydrogens is 386 g/mol. The van der Waals surface area contributed by atoms with Gasteiger partial charge in [0.15, 0.2) is 0 Å². The summed E-state index contributed by atoms with van der Waals surface area (Å²) in [6.07, 6.45) is 7.99. The average molecular weight is 416 g/mol. The molecule has 2 aromatic rings. The topological polar surface area (TPSA) is 49.6 Å². The summed E-state index contributed by atoms with van der Waals surface area (Å²) in [5.41, 5.74) is 4.95. The Morgan fingerprint density at radius 1 is 1.06 bits per heavy atom. The lowest BCUT2D eigenvalue weighted by Gasteiger charge is -2.41. The maximum absolute atomic E-state index is 11.1. The van der Waals surface area contributed by atoms with Crippen molar-refractivity contribution in [2.45, 2.75) is 38.0 Å². The molecule has 2 aromatic carbocycles. The largest absolute Gasteiger partial charge is 0.292 e. The fourth-order valence-electron chi connectivity index (χ4n) is 4.94. The zero-order chi connectivity index (χ0) is 21.8. The lowest BCUT2D eigenvalue weighted by Crippen LogP contribution is -2.44. The minimum atomic E-state index is -0.306. The molecule has 1 unspecified atom stereocenters. The van der Waals surface area contributed by atoms with E-state index in [-0.39, 0.29) is 16.7 Å². The van der Waals surface area contributed by atoms with Gasteiger partial charge in [-0.1, -0.05) is 67.8 Å². The smallest absolute Gasteiger partial charge is 0.269 e. The molecule has 0 N–H and O–H groups in total. The molecular formula is C26H29N3O2. The van der Waals surface area contributed by atoms with Gasteiger partial charge in [0.25, 0.3) is 5.69 Å². The molecule has 0 aliphatic carbocycles. The number of nitro groups is 1. The normalized spacial score (nSPS) is 19.0. The molecule has 0 radical (unpaired) electrons. The quantitative estimate of drug-likeness (QED) is 0.344. The lowest BCUT2D eigenvalue weighted by molar-refractivity contribution is -0.384. The van der Waals surface area contributed by atoms with Gasteiger partial charge in [0, 0.05) is 44.4 Å². The molecule has 0 spiro atoms. The molecule has 0 aromatic heterocycles. The van der Waals surface area contributed by atoms with Gasteiger partial charge in [0.05, 0.1) is 11.0 Å². The third kappa shape index (κ3) is 4.53. The van der Waals surface area contributed by atoms with Crippen LogP contribution in [0, 0.1) is 10.1 Å². The van der Waals surface area contributed by atoms with Crippen molar-refractivity contribution in [2.75, 3.05) is 13.1 Å². The van der Waals surface area contributed by atoms with Crippen LogP contribution < -0.4 is 0 Å². The standard InChI is InChI=1S/C26H29N3O2/c1-3-8-20(4-2)26(21-9-6-5-7-10-21)27-15-13-24(14-16-27)28-18-22-11-12-25(29(30)31)17-23(22)19-28/h3-12,17,24,26H,1-2,13-16,18-19H2/b20-8+. The van der Waals surface area contributed by atoms with Gasteiger partial charge in [-0.05, 0) is 35.1 Å². The summed E-state index contributed by atoms with van der Waals surface area (Å²) in [6, 6.07) is 16.5. The van der Waals surface area contributed by atoms with E-state index in [0.29, 0.717) is 6.04 Å². The number of likely N-dealkylation sites (tertiary alicyclic amines) is 1. The van der Waals surface area contributed by atoms with Crippen LogP contribution >= 0.6 is 0 Å². The van der Waals surface area contributed by atoms with Crippen molar-refractivity contribution in [3.05, 3.63) is 112 Å². The first kappa shape index (κ1) is 21.2. The van der Waals surface area contributed by atoms with Crippen LogP contribution in [0.2, 0.25) is 0 Å². The van der Waals surface area contributed by atoms with Crippen LogP contribution in [-0.2, 0) is 13.1 Å². The molecule has 0 amide bonds. The number of nitro benzene ring substituents is 1. The highest BCUT2D eigenvalue weighted by molar-refractivity contribution is 5.42. The molecule has 2 aliphatic rings. The van der Waals surface area contributed by atoms with Gasteiger partial charge in [-0.25, -0.2) is 0 Å². The van der Waals surface area contributed by atoms with Crippen molar-refractivity contribution in [2.24, 2.45) is 0 Å². The van der Waals surface area contributed by atoms with Crippen molar-refractivity contribution in [3.63, 3.8) is 0 Å². The molecule has 2 aliphatic heterocycles. The van der Waals surface area contributed by atoms with Gasteiger partial charge >= 0.3 is 0 Å². The number of allylic oxidation sites excluding steroid dienone is 2.